The average molecular weight is 192 g/mol. The van der Waals surface area contributed by atoms with Crippen LogP contribution in [-0.4, -0.2) is 5.78 Å². The quantitative estimate of drug-likeness (QED) is 0.680. The summed E-state index contributed by atoms with van der Waals surface area (Å²) in [6.07, 6.45) is 2.33. The number of carbonyl (C=O) groups excluding carboxylic acids is 1. The molecule has 0 saturated heterocycles. The first kappa shape index (κ1) is 8.27. The molecule has 0 fully saturated rings. The van der Waals surface area contributed by atoms with Crippen LogP contribution in [0.5, 0.6) is 0 Å². The Kier molecular flexibility index (Phi) is 1.82. The number of hydrogen-bond acceptors (Lipinski definition) is 4. The minimum Gasteiger partial charge on any atom is -0.389 e. The van der Waals surface area contributed by atoms with Crippen molar-refractivity contribution in [2.75, 3.05) is 5.73 Å². The Morgan fingerprint density at radius 2 is 2.23 bits per heavy atom. The zero-order chi connectivity index (χ0) is 9.42. The third-order valence-corrected chi connectivity index (χ3v) is 3.29. The molecule has 0 amide bonds. The summed E-state index contributed by atoms with van der Waals surface area (Å²) in [5.74, 6) is 0.0748. The number of fused-ring (bicyclic) bond motifs is 1. The second-order valence-electron chi connectivity index (χ2n) is 3.03. The van der Waals surface area contributed by atoms with E-state index in [1.165, 1.54) is 11.3 Å². The molecule has 2 rings (SSSR count). The number of nitriles is 1. The van der Waals surface area contributed by atoms with Gasteiger partial charge in [0.1, 0.15) is 11.1 Å². The number of carbonyl (C=O) groups is 1. The Morgan fingerprint density at radius 1 is 1.46 bits per heavy atom. The molecule has 0 atom stereocenters. The number of aryl methyl sites for hydroxylation is 1. The number of hydrogen-bond donors (Lipinski definition) is 1. The Bertz CT molecular complexity index is 414. The van der Waals surface area contributed by atoms with Crippen molar-refractivity contribution in [2.24, 2.45) is 0 Å². The van der Waals surface area contributed by atoms with Crippen LogP contribution in [0.4, 0.5) is 5.00 Å². The Hall–Kier alpha value is -1.34. The predicted octanol–water partition coefficient (Wildman–Crippen LogP) is 1.72. The number of rotatable bonds is 0. The maximum absolute atomic E-state index is 11.5. The standard InChI is InChI=1S/C9H8N2OS/c10-4-5-8-6(12)2-1-3-7(8)13-9(5)11/h1-3,11H2. The van der Waals surface area contributed by atoms with Gasteiger partial charge in [0.15, 0.2) is 5.78 Å². The van der Waals surface area contributed by atoms with Crippen molar-refractivity contribution in [2.45, 2.75) is 19.3 Å². The number of thiophene rings is 1. The van der Waals surface area contributed by atoms with Crippen LogP contribution in [0.1, 0.15) is 33.6 Å². The summed E-state index contributed by atoms with van der Waals surface area (Å²) in [4.78, 5) is 12.5. The van der Waals surface area contributed by atoms with Gasteiger partial charge in [-0.25, -0.2) is 0 Å². The van der Waals surface area contributed by atoms with Crippen molar-refractivity contribution in [3.63, 3.8) is 0 Å². The largest absolute Gasteiger partial charge is 0.389 e. The van der Waals surface area contributed by atoms with Gasteiger partial charge in [0.25, 0.3) is 0 Å². The van der Waals surface area contributed by atoms with Gasteiger partial charge in [-0.15, -0.1) is 11.3 Å². The van der Waals surface area contributed by atoms with E-state index in [2.05, 4.69) is 0 Å². The summed E-state index contributed by atoms with van der Waals surface area (Å²) in [7, 11) is 0. The normalized spacial score (nSPS) is 15.2. The molecule has 1 aromatic heterocycles. The molecule has 0 unspecified atom stereocenters. The minimum atomic E-state index is 0.0748. The molecule has 0 aliphatic heterocycles. The average Bonchev–Trinajstić information content (AvgIpc) is 2.42. The van der Waals surface area contributed by atoms with Crippen molar-refractivity contribution in [3.8, 4) is 6.07 Å². The van der Waals surface area contributed by atoms with E-state index in [1.807, 2.05) is 6.07 Å². The van der Waals surface area contributed by atoms with Crippen molar-refractivity contribution in [1.82, 2.24) is 0 Å². The zero-order valence-corrected chi connectivity index (χ0v) is 7.78. The lowest BCUT2D eigenvalue weighted by Gasteiger charge is -2.08. The van der Waals surface area contributed by atoms with Gasteiger partial charge in [-0.1, -0.05) is 0 Å². The van der Waals surface area contributed by atoms with Crippen LogP contribution >= 0.6 is 11.3 Å². The fraction of sp³-hybridized carbons (Fsp3) is 0.333. The number of nitrogen functional groups attached to an aromatic ring is 1. The first-order chi connectivity index (χ1) is 6.24. The van der Waals surface area contributed by atoms with Gasteiger partial charge < -0.3 is 5.73 Å². The highest BCUT2D eigenvalue weighted by atomic mass is 32.1. The van der Waals surface area contributed by atoms with E-state index in [4.69, 9.17) is 11.0 Å². The summed E-state index contributed by atoms with van der Waals surface area (Å²) in [6.45, 7) is 0. The van der Waals surface area contributed by atoms with Crippen LogP contribution in [0.25, 0.3) is 0 Å². The van der Waals surface area contributed by atoms with E-state index >= 15 is 0 Å². The van der Waals surface area contributed by atoms with Crippen molar-refractivity contribution in [3.05, 3.63) is 16.0 Å². The zero-order valence-electron chi connectivity index (χ0n) is 6.96. The maximum atomic E-state index is 11.5. The highest BCUT2D eigenvalue weighted by molar-refractivity contribution is 7.16. The van der Waals surface area contributed by atoms with Gasteiger partial charge >= 0.3 is 0 Å². The molecular weight excluding hydrogens is 184 g/mol. The van der Waals surface area contributed by atoms with Crippen LogP contribution < -0.4 is 5.73 Å². The van der Waals surface area contributed by atoms with Crippen LogP contribution in [0.15, 0.2) is 0 Å². The first-order valence-corrected chi connectivity index (χ1v) is 4.90. The molecule has 0 bridgehead atoms. The van der Waals surface area contributed by atoms with Gasteiger partial charge in [-0.05, 0) is 12.8 Å². The molecule has 4 heteroatoms. The van der Waals surface area contributed by atoms with E-state index in [9.17, 15) is 4.79 Å². The van der Waals surface area contributed by atoms with Gasteiger partial charge in [0.05, 0.1) is 11.1 Å². The third kappa shape index (κ3) is 1.12. The summed E-state index contributed by atoms with van der Waals surface area (Å²) < 4.78 is 0. The molecule has 2 N–H and O–H groups in total. The molecule has 1 aromatic rings. The van der Waals surface area contributed by atoms with Gasteiger partial charge in [0.2, 0.25) is 0 Å². The van der Waals surface area contributed by atoms with Gasteiger partial charge in [-0.2, -0.15) is 5.26 Å². The molecule has 0 radical (unpaired) electrons. The number of nitrogens with two attached hydrogens (primary N) is 1. The van der Waals surface area contributed by atoms with E-state index in [1.54, 1.807) is 0 Å². The van der Waals surface area contributed by atoms with Crippen LogP contribution in [-0.2, 0) is 6.42 Å². The van der Waals surface area contributed by atoms with Crippen molar-refractivity contribution in [1.29, 1.82) is 5.26 Å². The summed E-state index contributed by atoms with van der Waals surface area (Å²) in [6, 6.07) is 2.00. The van der Waals surface area contributed by atoms with Gasteiger partial charge in [0, 0.05) is 11.3 Å². The lowest BCUT2D eigenvalue weighted by Crippen LogP contribution is -2.09. The highest BCUT2D eigenvalue weighted by Gasteiger charge is 2.25. The van der Waals surface area contributed by atoms with Crippen LogP contribution in [0.2, 0.25) is 0 Å². The molecule has 0 aromatic carbocycles. The molecule has 66 valence electrons. The van der Waals surface area contributed by atoms with Gasteiger partial charge in [-0.3, -0.25) is 4.79 Å². The van der Waals surface area contributed by atoms with E-state index in [0.29, 0.717) is 22.5 Å². The summed E-state index contributed by atoms with van der Waals surface area (Å²) >= 11 is 1.38. The van der Waals surface area contributed by atoms with E-state index in [0.717, 1.165) is 17.7 Å². The Balaban J connectivity index is 2.66. The maximum Gasteiger partial charge on any atom is 0.165 e. The minimum absolute atomic E-state index is 0.0748. The van der Waals surface area contributed by atoms with Crippen molar-refractivity contribution >= 4 is 22.1 Å². The Labute approximate surface area is 79.8 Å². The Morgan fingerprint density at radius 3 is 2.92 bits per heavy atom. The molecule has 13 heavy (non-hydrogen) atoms. The fourth-order valence-corrected chi connectivity index (χ4v) is 2.69. The number of Topliss-reactive ketones (excluding diaryl/α,β-unsaturated/α-hetero) is 1. The van der Waals surface area contributed by atoms with Crippen molar-refractivity contribution < 1.29 is 4.79 Å². The smallest absolute Gasteiger partial charge is 0.165 e. The van der Waals surface area contributed by atoms with E-state index in [-0.39, 0.29) is 5.78 Å². The number of anilines is 1. The molecule has 1 aliphatic carbocycles. The first-order valence-electron chi connectivity index (χ1n) is 4.08. The molecule has 1 heterocycles. The molecule has 0 spiro atoms. The summed E-state index contributed by atoms with van der Waals surface area (Å²) in [5, 5.41) is 9.29. The molecular formula is C9H8N2OS. The molecule has 0 saturated carbocycles. The molecule has 1 aliphatic rings. The van der Waals surface area contributed by atoms with Crippen LogP contribution in [0.3, 0.4) is 0 Å². The summed E-state index contributed by atoms with van der Waals surface area (Å²) in [5.41, 5.74) is 6.62. The third-order valence-electron chi connectivity index (χ3n) is 2.21. The molecule has 3 nitrogen and oxygen atoms in total. The highest BCUT2D eigenvalue weighted by Crippen LogP contribution is 2.35. The SMILES string of the molecule is N#Cc1c(N)sc2c1C(=O)CCC2. The number of ketones is 1. The lowest BCUT2D eigenvalue weighted by atomic mass is 9.95. The second kappa shape index (κ2) is 2.86. The monoisotopic (exact) mass is 192 g/mol. The predicted molar refractivity (Wildman–Crippen MR) is 50.7 cm³/mol. The topological polar surface area (TPSA) is 66.9 Å². The lowest BCUT2D eigenvalue weighted by molar-refractivity contribution is 0.0973. The van der Waals surface area contributed by atoms with E-state index < -0.39 is 0 Å². The fourth-order valence-electron chi connectivity index (χ4n) is 1.61. The second-order valence-corrected chi connectivity index (χ2v) is 4.16. The number of nitrogens with zero attached hydrogens (tertiary/aromatic N) is 1. The van der Waals surface area contributed by atoms with Crippen LogP contribution in [0, 0.1) is 11.3 Å².